The fraction of sp³-hybridized carbons (Fsp3) is 0.130. The van der Waals surface area contributed by atoms with E-state index in [2.05, 4.69) is 26.7 Å². The van der Waals surface area contributed by atoms with Gasteiger partial charge >= 0.3 is 6.03 Å². The van der Waals surface area contributed by atoms with Crippen LogP contribution in [0.4, 0.5) is 15.0 Å². The van der Waals surface area contributed by atoms with Crippen LogP contribution in [0, 0.1) is 17.1 Å². The van der Waals surface area contributed by atoms with Crippen LogP contribution in [0.1, 0.15) is 23.6 Å². The third-order valence-corrected chi connectivity index (χ3v) is 5.49. The maximum atomic E-state index is 15.6. The number of urea groups is 1. The van der Waals surface area contributed by atoms with Crippen molar-refractivity contribution in [1.82, 2.24) is 15.3 Å². The first-order chi connectivity index (χ1) is 15.1. The van der Waals surface area contributed by atoms with Crippen molar-refractivity contribution in [3.05, 3.63) is 76.7 Å². The summed E-state index contributed by atoms with van der Waals surface area (Å²) in [6.45, 7) is 2.35. The first kappa shape index (κ1) is 20.4. The van der Waals surface area contributed by atoms with E-state index in [9.17, 15) is 10.1 Å². The van der Waals surface area contributed by atoms with Crippen molar-refractivity contribution in [3.8, 4) is 17.2 Å². The molecule has 0 fully saturated rings. The van der Waals surface area contributed by atoms with Crippen molar-refractivity contribution < 1.29 is 9.18 Å². The minimum Gasteiger partial charge on any atom is -0.338 e. The smallest absolute Gasteiger partial charge is 0.320 e. The van der Waals surface area contributed by atoms with Gasteiger partial charge in [-0.05, 0) is 47.9 Å². The molecule has 2 heterocycles. The second-order valence-electron chi connectivity index (χ2n) is 6.83. The zero-order valence-corrected chi connectivity index (χ0v) is 17.5. The van der Waals surface area contributed by atoms with Crippen LogP contribution in [0.25, 0.3) is 21.3 Å². The normalized spacial score (nSPS) is 10.6. The number of carbonyl (C=O) groups excluding carboxylic acids is 1. The largest absolute Gasteiger partial charge is 0.338 e. The highest BCUT2D eigenvalue weighted by Gasteiger charge is 2.18. The summed E-state index contributed by atoms with van der Waals surface area (Å²) in [6, 6.07) is 13.9. The molecule has 0 aliphatic heterocycles. The number of anilines is 1. The van der Waals surface area contributed by atoms with Gasteiger partial charge < -0.3 is 5.32 Å². The molecule has 0 atom stereocenters. The average molecular weight is 431 g/mol. The number of hydrogen-bond acceptors (Lipinski definition) is 5. The maximum Gasteiger partial charge on any atom is 0.320 e. The number of rotatable bonds is 5. The number of fused-ring (bicyclic) bond motifs is 1. The molecule has 2 aromatic heterocycles. The summed E-state index contributed by atoms with van der Waals surface area (Å²) in [4.78, 5) is 20.2. The number of hydrogen-bond donors (Lipinski definition) is 2. The van der Waals surface area contributed by atoms with E-state index in [1.54, 1.807) is 54.2 Å². The van der Waals surface area contributed by atoms with E-state index in [-0.39, 0.29) is 11.8 Å². The summed E-state index contributed by atoms with van der Waals surface area (Å²) in [5.74, 6) is 0.0557. The lowest BCUT2D eigenvalue weighted by atomic mass is 9.96. The summed E-state index contributed by atoms with van der Waals surface area (Å²) < 4.78 is 16.5. The van der Waals surface area contributed by atoms with Crippen LogP contribution in [-0.2, 0) is 6.42 Å². The monoisotopic (exact) mass is 431 g/mol. The predicted octanol–water partition coefficient (Wildman–Crippen LogP) is 5.10. The highest BCUT2D eigenvalue weighted by molar-refractivity contribution is 7.16. The lowest BCUT2D eigenvalue weighted by Crippen LogP contribution is -2.28. The quantitative estimate of drug-likeness (QED) is 0.460. The van der Waals surface area contributed by atoms with Gasteiger partial charge in [-0.15, -0.1) is 11.3 Å². The van der Waals surface area contributed by atoms with E-state index < -0.39 is 0 Å². The van der Waals surface area contributed by atoms with Crippen molar-refractivity contribution in [2.45, 2.75) is 13.3 Å². The molecule has 0 bridgehead atoms. The zero-order chi connectivity index (χ0) is 21.8. The first-order valence-electron chi connectivity index (χ1n) is 9.64. The SMILES string of the molecule is CCNC(=O)Nc1ccc(Cc2cc3scnc3c(-c3cccc(C#N)c3)c2F)cn1. The van der Waals surface area contributed by atoms with Crippen LogP contribution in [0.2, 0.25) is 0 Å². The van der Waals surface area contributed by atoms with Gasteiger partial charge in [-0.25, -0.2) is 19.2 Å². The summed E-state index contributed by atoms with van der Waals surface area (Å²) in [5, 5.41) is 14.5. The van der Waals surface area contributed by atoms with Crippen LogP contribution in [0.3, 0.4) is 0 Å². The van der Waals surface area contributed by atoms with Gasteiger partial charge in [-0.1, -0.05) is 18.2 Å². The molecule has 0 saturated carbocycles. The Kier molecular flexibility index (Phi) is 5.87. The van der Waals surface area contributed by atoms with E-state index >= 15 is 4.39 Å². The highest BCUT2D eigenvalue weighted by atomic mass is 32.1. The minimum absolute atomic E-state index is 0.325. The molecular formula is C23H18FN5OS. The molecule has 31 heavy (non-hydrogen) atoms. The molecule has 0 aliphatic carbocycles. The lowest BCUT2D eigenvalue weighted by molar-refractivity contribution is 0.252. The fourth-order valence-corrected chi connectivity index (χ4v) is 4.06. The molecule has 8 heteroatoms. The molecule has 2 N–H and O–H groups in total. The molecule has 0 unspecified atom stereocenters. The Hall–Kier alpha value is -3.83. The maximum absolute atomic E-state index is 15.6. The molecule has 0 aliphatic rings. The predicted molar refractivity (Wildman–Crippen MR) is 119 cm³/mol. The highest BCUT2D eigenvalue weighted by Crippen LogP contribution is 2.35. The second-order valence-corrected chi connectivity index (χ2v) is 7.72. The summed E-state index contributed by atoms with van der Waals surface area (Å²) in [5.41, 5.74) is 5.07. The van der Waals surface area contributed by atoms with Gasteiger partial charge in [-0.2, -0.15) is 5.26 Å². The van der Waals surface area contributed by atoms with Crippen LogP contribution in [-0.4, -0.2) is 22.5 Å². The summed E-state index contributed by atoms with van der Waals surface area (Å²) in [6.07, 6.45) is 1.95. The second kappa shape index (κ2) is 8.90. The van der Waals surface area contributed by atoms with Crippen molar-refractivity contribution >= 4 is 33.4 Å². The third-order valence-electron chi connectivity index (χ3n) is 4.72. The number of pyridine rings is 1. The van der Waals surface area contributed by atoms with E-state index in [1.807, 2.05) is 6.92 Å². The Morgan fingerprint density at radius 2 is 2.10 bits per heavy atom. The van der Waals surface area contributed by atoms with Crippen molar-refractivity contribution in [2.24, 2.45) is 0 Å². The number of halogens is 1. The van der Waals surface area contributed by atoms with Crippen molar-refractivity contribution in [2.75, 3.05) is 11.9 Å². The lowest BCUT2D eigenvalue weighted by Gasteiger charge is -2.11. The number of nitrogens with one attached hydrogen (secondary N) is 2. The van der Waals surface area contributed by atoms with Crippen LogP contribution in [0.5, 0.6) is 0 Å². The number of thiazole rings is 1. The fourth-order valence-electron chi connectivity index (χ4n) is 3.31. The topological polar surface area (TPSA) is 90.7 Å². The Bertz CT molecular complexity index is 1290. The van der Waals surface area contributed by atoms with Crippen LogP contribution < -0.4 is 10.6 Å². The van der Waals surface area contributed by atoms with Gasteiger partial charge in [0.2, 0.25) is 0 Å². The number of carbonyl (C=O) groups is 1. The van der Waals surface area contributed by atoms with Crippen molar-refractivity contribution in [1.29, 1.82) is 5.26 Å². The van der Waals surface area contributed by atoms with Crippen LogP contribution >= 0.6 is 11.3 Å². The molecule has 0 saturated heterocycles. The number of nitriles is 1. The van der Waals surface area contributed by atoms with E-state index in [0.717, 1.165) is 10.3 Å². The number of benzene rings is 2. The third kappa shape index (κ3) is 4.37. The molecule has 2 amide bonds. The van der Waals surface area contributed by atoms with E-state index in [0.29, 0.717) is 46.6 Å². The molecule has 0 spiro atoms. The van der Waals surface area contributed by atoms with Crippen LogP contribution in [0.15, 0.2) is 54.2 Å². The van der Waals surface area contributed by atoms with E-state index in [1.165, 1.54) is 11.3 Å². The Labute approximate surface area is 182 Å². The summed E-state index contributed by atoms with van der Waals surface area (Å²) in [7, 11) is 0. The standard InChI is InChI=1S/C23H18FN5OS/c1-2-26-23(30)29-19-7-6-15(12-27-19)9-17-10-18-22(28-13-31-18)20(21(17)24)16-5-3-4-14(8-16)11-25/h3-8,10,12-13H,2,9H2,1H3,(H2,26,27,29,30). The van der Waals surface area contributed by atoms with Gasteiger partial charge in [-0.3, -0.25) is 5.32 Å². The zero-order valence-electron chi connectivity index (χ0n) is 16.6. The summed E-state index contributed by atoms with van der Waals surface area (Å²) >= 11 is 1.44. The van der Waals surface area contributed by atoms with Gasteiger partial charge in [0.25, 0.3) is 0 Å². The van der Waals surface area contributed by atoms with Gasteiger partial charge in [0, 0.05) is 24.7 Å². The molecule has 154 valence electrons. The average Bonchev–Trinajstić information content (AvgIpc) is 3.23. The Morgan fingerprint density at radius 1 is 1.23 bits per heavy atom. The Morgan fingerprint density at radius 3 is 2.84 bits per heavy atom. The molecule has 2 aromatic carbocycles. The minimum atomic E-state index is -0.363. The molecule has 4 rings (SSSR count). The number of aromatic nitrogens is 2. The van der Waals surface area contributed by atoms with E-state index in [4.69, 9.17) is 0 Å². The first-order valence-corrected chi connectivity index (χ1v) is 10.5. The molecule has 6 nitrogen and oxygen atoms in total. The Balaban J connectivity index is 1.68. The number of amides is 2. The number of nitrogens with zero attached hydrogens (tertiary/aromatic N) is 3. The van der Waals surface area contributed by atoms with Gasteiger partial charge in [0.15, 0.2) is 0 Å². The molecular weight excluding hydrogens is 413 g/mol. The van der Waals surface area contributed by atoms with Crippen molar-refractivity contribution in [3.63, 3.8) is 0 Å². The molecule has 4 aromatic rings. The molecule has 0 radical (unpaired) electrons. The van der Waals surface area contributed by atoms with Gasteiger partial charge in [0.1, 0.15) is 11.6 Å². The van der Waals surface area contributed by atoms with Gasteiger partial charge in [0.05, 0.1) is 27.4 Å².